The Morgan fingerprint density at radius 2 is 0.500 bits per heavy atom. The molecule has 19 heteroatoms. The molecule has 0 aliphatic rings. The number of hydrogen-bond acceptors (Lipinski definition) is 15. The lowest BCUT2D eigenvalue weighted by molar-refractivity contribution is -0.161. The second-order valence-corrected chi connectivity index (χ2v) is 33.7. The smallest absolute Gasteiger partial charge is 0.462 e. The molecular weight excluding hydrogens is 1330 g/mol. The molecule has 0 bridgehead atoms. The molecule has 3 N–H and O–H groups in total. The number of ether oxygens (including phenoxy) is 4. The molecule has 7 atom stereocenters. The van der Waals surface area contributed by atoms with E-state index in [0.717, 1.165) is 114 Å². The summed E-state index contributed by atoms with van der Waals surface area (Å²) in [6.07, 6.45) is 62.4. The van der Waals surface area contributed by atoms with E-state index in [1.54, 1.807) is 0 Å². The van der Waals surface area contributed by atoms with Gasteiger partial charge in [0.2, 0.25) is 0 Å². The predicted molar refractivity (Wildman–Crippen MR) is 418 cm³/mol. The van der Waals surface area contributed by atoms with Gasteiger partial charge in [-0.3, -0.25) is 37.3 Å². The van der Waals surface area contributed by atoms with Crippen LogP contribution in [0, 0.1) is 17.8 Å². The zero-order valence-corrected chi connectivity index (χ0v) is 68.9. The summed E-state index contributed by atoms with van der Waals surface area (Å²) in [5.74, 6) is 0.248. The summed E-state index contributed by atoms with van der Waals surface area (Å²) in [6, 6.07) is 0. The van der Waals surface area contributed by atoms with Gasteiger partial charge in [-0.2, -0.15) is 0 Å². The van der Waals surface area contributed by atoms with Gasteiger partial charge in [0, 0.05) is 25.7 Å². The van der Waals surface area contributed by atoms with Crippen molar-refractivity contribution in [2.75, 3.05) is 39.6 Å². The van der Waals surface area contributed by atoms with Crippen LogP contribution in [0.5, 0.6) is 0 Å². The van der Waals surface area contributed by atoms with Crippen molar-refractivity contribution in [2.45, 2.75) is 452 Å². The fourth-order valence-electron chi connectivity index (χ4n) is 12.8. The van der Waals surface area contributed by atoms with Gasteiger partial charge in [-0.1, -0.05) is 382 Å². The third-order valence-corrected chi connectivity index (χ3v) is 22.0. The van der Waals surface area contributed by atoms with Crippen LogP contribution in [0.15, 0.2) is 0 Å². The number of aliphatic hydroxyl groups excluding tert-OH is 1. The Balaban J connectivity index is 5.25. The van der Waals surface area contributed by atoms with Gasteiger partial charge >= 0.3 is 39.5 Å². The number of hydrogen-bond donors (Lipinski definition) is 3. The van der Waals surface area contributed by atoms with Crippen LogP contribution in [0.2, 0.25) is 0 Å². The molecule has 0 aromatic heterocycles. The van der Waals surface area contributed by atoms with Crippen LogP contribution in [0.25, 0.3) is 0 Å². The van der Waals surface area contributed by atoms with Gasteiger partial charge in [-0.05, 0) is 43.4 Å². The highest BCUT2D eigenvalue weighted by Crippen LogP contribution is 2.45. The average Bonchev–Trinajstić information content (AvgIpc) is 0.913. The van der Waals surface area contributed by atoms with Crippen molar-refractivity contribution in [3.63, 3.8) is 0 Å². The van der Waals surface area contributed by atoms with Crippen molar-refractivity contribution in [1.82, 2.24) is 0 Å². The quantitative estimate of drug-likeness (QED) is 0.0222. The normalized spacial score (nSPS) is 14.5. The Morgan fingerprint density at radius 1 is 0.284 bits per heavy atom. The van der Waals surface area contributed by atoms with Gasteiger partial charge in [-0.25, -0.2) is 9.13 Å². The molecule has 0 aromatic carbocycles. The Hall–Kier alpha value is -1.94. The summed E-state index contributed by atoms with van der Waals surface area (Å²) in [5, 5.41) is 10.7. The number of unbranched alkanes of at least 4 members (excludes halogenated alkanes) is 47. The topological polar surface area (TPSA) is 237 Å². The average molecular weight is 1490 g/mol. The van der Waals surface area contributed by atoms with Crippen molar-refractivity contribution in [3.05, 3.63) is 0 Å². The Morgan fingerprint density at radius 3 is 0.745 bits per heavy atom. The fourth-order valence-corrected chi connectivity index (χ4v) is 14.4. The van der Waals surface area contributed by atoms with E-state index in [4.69, 9.17) is 37.0 Å². The van der Waals surface area contributed by atoms with Crippen LogP contribution in [0.4, 0.5) is 0 Å². The summed E-state index contributed by atoms with van der Waals surface area (Å²) in [7, 11) is -9.92. The molecule has 0 spiro atoms. The molecule has 0 amide bonds. The molecule has 0 radical (unpaired) electrons. The zero-order valence-electron chi connectivity index (χ0n) is 67.1. The predicted octanol–water partition coefficient (Wildman–Crippen LogP) is 24.9. The van der Waals surface area contributed by atoms with E-state index >= 15 is 0 Å². The first-order chi connectivity index (χ1) is 49.3. The van der Waals surface area contributed by atoms with E-state index in [-0.39, 0.29) is 25.7 Å². The molecule has 0 saturated heterocycles. The van der Waals surface area contributed by atoms with Crippen LogP contribution >= 0.6 is 15.6 Å². The first-order valence-corrected chi connectivity index (χ1v) is 45.9. The molecule has 0 saturated carbocycles. The maximum Gasteiger partial charge on any atom is 0.472 e. The number of carbonyl (C=O) groups is 4. The van der Waals surface area contributed by atoms with Gasteiger partial charge in [0.25, 0.3) is 0 Å². The minimum Gasteiger partial charge on any atom is -0.462 e. The van der Waals surface area contributed by atoms with E-state index in [9.17, 15) is 43.2 Å². The lowest BCUT2D eigenvalue weighted by Crippen LogP contribution is -2.30. The summed E-state index contributed by atoms with van der Waals surface area (Å²) < 4.78 is 68.8. The number of rotatable bonds is 81. The van der Waals surface area contributed by atoms with Gasteiger partial charge in [0.15, 0.2) is 12.2 Å². The standard InChI is InChI=1S/C83H162O17P2/c1-8-11-12-13-14-15-16-17-18-19-20-21-22-27-33-38-43-52-59-66-82(87)99-78(70-93-80(85)64-57-50-42-37-32-26-24-23-25-31-36-41-48-55-62-75(6)9-2)72-97-101(89,90)95-68-77(84)69-96-102(91,92)98-73-79(71-94-81(86)65-58-51-46-45-49-56-63-76(7)10-3)100-83(88)67-60-53-44-39-34-29-28-30-35-40-47-54-61-74(4)5/h74-79,84H,8-73H2,1-7H3,(H,89,90)(H,91,92)/t75?,76?,77-,78-,79-/m1/s1. The number of phosphoric ester groups is 2. The number of phosphoric acid groups is 2. The summed E-state index contributed by atoms with van der Waals surface area (Å²) in [6.45, 7) is 12.0. The molecular formula is C83H162O17P2. The lowest BCUT2D eigenvalue weighted by atomic mass is 9.99. The maximum atomic E-state index is 13.1. The zero-order chi connectivity index (χ0) is 75.1. The van der Waals surface area contributed by atoms with Crippen LogP contribution in [0.1, 0.15) is 434 Å². The second kappa shape index (κ2) is 73.2. The fraction of sp³-hybridized carbons (Fsp3) is 0.952. The summed E-state index contributed by atoms with van der Waals surface area (Å²) in [4.78, 5) is 73.1. The third-order valence-electron chi connectivity index (χ3n) is 20.1. The highest BCUT2D eigenvalue weighted by Gasteiger charge is 2.30. The molecule has 17 nitrogen and oxygen atoms in total. The van der Waals surface area contributed by atoms with Crippen molar-refractivity contribution in [3.8, 4) is 0 Å². The first-order valence-electron chi connectivity index (χ1n) is 42.9. The van der Waals surface area contributed by atoms with Crippen molar-refractivity contribution in [2.24, 2.45) is 17.8 Å². The largest absolute Gasteiger partial charge is 0.472 e. The third kappa shape index (κ3) is 73.6. The Bertz CT molecular complexity index is 1980. The summed E-state index contributed by atoms with van der Waals surface area (Å²) >= 11 is 0. The molecule has 4 unspecified atom stereocenters. The molecule has 0 aromatic rings. The second-order valence-electron chi connectivity index (χ2n) is 30.8. The molecule has 0 heterocycles. The molecule has 0 fully saturated rings. The number of esters is 4. The molecule has 606 valence electrons. The van der Waals surface area contributed by atoms with Crippen molar-refractivity contribution >= 4 is 39.5 Å². The van der Waals surface area contributed by atoms with Gasteiger partial charge in [0.05, 0.1) is 26.4 Å². The van der Waals surface area contributed by atoms with Crippen LogP contribution in [0.3, 0.4) is 0 Å². The van der Waals surface area contributed by atoms with Crippen LogP contribution in [-0.4, -0.2) is 96.7 Å². The number of carbonyl (C=O) groups excluding carboxylic acids is 4. The van der Waals surface area contributed by atoms with E-state index in [0.29, 0.717) is 25.7 Å². The lowest BCUT2D eigenvalue weighted by Gasteiger charge is -2.21. The minimum atomic E-state index is -4.96. The highest BCUT2D eigenvalue weighted by atomic mass is 31.2. The maximum absolute atomic E-state index is 13.1. The van der Waals surface area contributed by atoms with Crippen molar-refractivity contribution < 1.29 is 80.2 Å². The summed E-state index contributed by atoms with van der Waals surface area (Å²) in [5.41, 5.74) is 0. The SMILES string of the molecule is CCCCCCCCCCCCCCCCCCCCCC(=O)O[C@H](COC(=O)CCCCCCCCCCCCCCCCC(C)CC)COP(=O)(O)OC[C@@H](O)COP(=O)(O)OC[C@@H](COC(=O)CCCCCCCCC(C)CC)OC(=O)CCCCCCCCCCCCCCC(C)C. The molecule has 102 heavy (non-hydrogen) atoms. The van der Waals surface area contributed by atoms with E-state index in [1.165, 1.54) is 238 Å². The molecule has 0 aliphatic carbocycles. The van der Waals surface area contributed by atoms with Gasteiger partial charge in [0.1, 0.15) is 19.3 Å². The molecule has 0 aliphatic heterocycles. The van der Waals surface area contributed by atoms with Gasteiger partial charge in [-0.15, -0.1) is 0 Å². The minimum absolute atomic E-state index is 0.106. The Kier molecular flexibility index (Phi) is 71.8. The van der Waals surface area contributed by atoms with Gasteiger partial charge < -0.3 is 33.8 Å². The first kappa shape index (κ1) is 100. The van der Waals surface area contributed by atoms with E-state index in [1.807, 2.05) is 0 Å². The van der Waals surface area contributed by atoms with E-state index in [2.05, 4.69) is 48.5 Å². The highest BCUT2D eigenvalue weighted by molar-refractivity contribution is 7.47. The molecule has 0 rings (SSSR count). The van der Waals surface area contributed by atoms with Crippen LogP contribution in [-0.2, 0) is 65.4 Å². The van der Waals surface area contributed by atoms with Crippen LogP contribution < -0.4 is 0 Å². The van der Waals surface area contributed by atoms with E-state index < -0.39 is 97.5 Å². The monoisotopic (exact) mass is 1490 g/mol. The Labute approximate surface area is 626 Å². The van der Waals surface area contributed by atoms with Crippen molar-refractivity contribution in [1.29, 1.82) is 0 Å². The number of aliphatic hydroxyl groups is 1.